The molecule has 0 saturated heterocycles. The number of guanidine groups is 1. The summed E-state index contributed by atoms with van der Waals surface area (Å²) in [5.41, 5.74) is 1.55. The molecule has 0 bridgehead atoms. The van der Waals surface area contributed by atoms with Gasteiger partial charge in [0, 0.05) is 40.4 Å². The van der Waals surface area contributed by atoms with Gasteiger partial charge in [-0.05, 0) is 56.5 Å². The number of rotatable bonds is 11. The second-order valence-corrected chi connectivity index (χ2v) is 7.67. The van der Waals surface area contributed by atoms with E-state index in [9.17, 15) is 0 Å². The topological polar surface area (TPSA) is 58.1 Å². The van der Waals surface area contributed by atoms with Crippen LogP contribution in [-0.4, -0.2) is 65.4 Å². The van der Waals surface area contributed by atoms with Gasteiger partial charge in [0.1, 0.15) is 12.4 Å². The van der Waals surface area contributed by atoms with Crippen molar-refractivity contribution in [2.75, 3.05) is 54.6 Å². The van der Waals surface area contributed by atoms with E-state index >= 15 is 0 Å². The van der Waals surface area contributed by atoms with E-state index in [0.29, 0.717) is 12.0 Å². The number of aliphatic imine (C=N–C) groups is 1. The molecule has 0 aliphatic heterocycles. The van der Waals surface area contributed by atoms with E-state index in [1.807, 2.05) is 33.3 Å². The summed E-state index contributed by atoms with van der Waals surface area (Å²) in [5, 5.41) is 6.91. The number of likely N-dealkylation sites (N-methyl/N-ethyl adjacent to an activating group) is 1. The van der Waals surface area contributed by atoms with Gasteiger partial charge in [0.25, 0.3) is 0 Å². The first-order chi connectivity index (χ1) is 13.1. The highest BCUT2D eigenvalue weighted by atomic mass is 127. The highest BCUT2D eigenvalue weighted by molar-refractivity contribution is 14.0. The molecule has 0 radical (unpaired) electrons. The van der Waals surface area contributed by atoms with Crippen LogP contribution in [-0.2, 0) is 11.3 Å². The standard InChI is InChI=1S/C21H36N4O2.HI/c1-22-20(24-17-21(9-6-10-21)11-13-26-4)23-16-18-7-5-8-19(15-18)27-14-12-25(2)3;/h5,7-8,15H,6,9-14,16-17H2,1-4H3,(H2,22,23,24);1H. The Hall–Kier alpha value is -1.06. The molecular weight excluding hydrogens is 467 g/mol. The van der Waals surface area contributed by atoms with E-state index in [-0.39, 0.29) is 24.0 Å². The molecule has 6 nitrogen and oxygen atoms in total. The quantitative estimate of drug-likeness (QED) is 0.276. The van der Waals surface area contributed by atoms with Crippen LogP contribution in [0.4, 0.5) is 0 Å². The molecule has 28 heavy (non-hydrogen) atoms. The minimum Gasteiger partial charge on any atom is -0.492 e. The number of nitrogens with one attached hydrogen (secondary N) is 2. The zero-order chi connectivity index (χ0) is 19.5. The van der Waals surface area contributed by atoms with Gasteiger partial charge >= 0.3 is 0 Å². The lowest BCUT2D eigenvalue weighted by atomic mass is 9.67. The summed E-state index contributed by atoms with van der Waals surface area (Å²) >= 11 is 0. The van der Waals surface area contributed by atoms with E-state index in [2.05, 4.69) is 32.7 Å². The van der Waals surface area contributed by atoms with Crippen molar-refractivity contribution in [2.45, 2.75) is 32.2 Å². The van der Waals surface area contributed by atoms with Crippen molar-refractivity contribution >= 4 is 29.9 Å². The summed E-state index contributed by atoms with van der Waals surface area (Å²) in [6.45, 7) is 4.09. The van der Waals surface area contributed by atoms with Crippen molar-refractivity contribution in [3.8, 4) is 5.75 Å². The zero-order valence-electron chi connectivity index (χ0n) is 17.8. The first-order valence-electron chi connectivity index (χ1n) is 9.87. The molecule has 0 unspecified atom stereocenters. The third kappa shape index (κ3) is 8.53. The zero-order valence-corrected chi connectivity index (χ0v) is 20.1. The normalized spacial score (nSPS) is 15.5. The van der Waals surface area contributed by atoms with Crippen molar-refractivity contribution in [1.82, 2.24) is 15.5 Å². The van der Waals surface area contributed by atoms with Crippen LogP contribution in [0.5, 0.6) is 5.75 Å². The fourth-order valence-corrected chi connectivity index (χ4v) is 3.28. The average Bonchev–Trinajstić information content (AvgIpc) is 2.63. The Kier molecular flexibility index (Phi) is 11.8. The Balaban J connectivity index is 0.00000392. The van der Waals surface area contributed by atoms with Crippen LogP contribution in [0.1, 0.15) is 31.2 Å². The predicted molar refractivity (Wildman–Crippen MR) is 127 cm³/mol. The minimum atomic E-state index is 0. The van der Waals surface area contributed by atoms with Crippen LogP contribution < -0.4 is 15.4 Å². The molecule has 1 aliphatic carbocycles. The summed E-state index contributed by atoms with van der Waals surface area (Å²) in [7, 11) is 7.69. The summed E-state index contributed by atoms with van der Waals surface area (Å²) in [4.78, 5) is 6.48. The predicted octanol–water partition coefficient (Wildman–Crippen LogP) is 3.12. The molecule has 1 aromatic carbocycles. The maximum absolute atomic E-state index is 5.82. The number of ether oxygens (including phenoxy) is 2. The first kappa shape index (κ1) is 25.0. The molecule has 1 aliphatic rings. The maximum Gasteiger partial charge on any atom is 0.191 e. The van der Waals surface area contributed by atoms with Crippen molar-refractivity contribution in [3.05, 3.63) is 29.8 Å². The lowest BCUT2D eigenvalue weighted by Gasteiger charge is -2.42. The van der Waals surface area contributed by atoms with Gasteiger partial charge in [-0.2, -0.15) is 0 Å². The van der Waals surface area contributed by atoms with Gasteiger partial charge in [0.15, 0.2) is 5.96 Å². The number of halogens is 1. The van der Waals surface area contributed by atoms with Crippen LogP contribution in [0, 0.1) is 5.41 Å². The average molecular weight is 504 g/mol. The summed E-state index contributed by atoms with van der Waals surface area (Å²) in [6, 6.07) is 8.22. The third-order valence-corrected chi connectivity index (χ3v) is 5.27. The molecule has 0 heterocycles. The van der Waals surface area contributed by atoms with Gasteiger partial charge < -0.3 is 25.0 Å². The maximum atomic E-state index is 5.82. The van der Waals surface area contributed by atoms with E-state index in [4.69, 9.17) is 9.47 Å². The summed E-state index contributed by atoms with van der Waals surface area (Å²) < 4.78 is 11.1. The highest BCUT2D eigenvalue weighted by Crippen LogP contribution is 2.43. The largest absolute Gasteiger partial charge is 0.492 e. The molecular formula is C21H37IN4O2. The Morgan fingerprint density at radius 3 is 2.61 bits per heavy atom. The monoisotopic (exact) mass is 504 g/mol. The summed E-state index contributed by atoms with van der Waals surface area (Å²) in [6.07, 6.45) is 4.97. The second-order valence-electron chi connectivity index (χ2n) is 7.67. The Bertz CT molecular complexity index is 592. The van der Waals surface area contributed by atoms with E-state index in [1.165, 1.54) is 24.8 Å². The Labute approximate surface area is 187 Å². The van der Waals surface area contributed by atoms with Crippen LogP contribution in [0.25, 0.3) is 0 Å². The lowest BCUT2D eigenvalue weighted by molar-refractivity contribution is 0.0732. The number of benzene rings is 1. The fraction of sp³-hybridized carbons (Fsp3) is 0.667. The smallest absolute Gasteiger partial charge is 0.191 e. The SMILES string of the molecule is CN=C(NCc1cccc(OCCN(C)C)c1)NCC1(CCOC)CCC1.I. The van der Waals surface area contributed by atoms with Crippen molar-refractivity contribution in [1.29, 1.82) is 0 Å². The van der Waals surface area contributed by atoms with Crippen molar-refractivity contribution in [2.24, 2.45) is 10.4 Å². The van der Waals surface area contributed by atoms with Crippen LogP contribution in [0.2, 0.25) is 0 Å². The number of hydrogen-bond acceptors (Lipinski definition) is 4. The Morgan fingerprint density at radius 1 is 1.21 bits per heavy atom. The number of nitrogens with zero attached hydrogens (tertiary/aromatic N) is 2. The van der Waals surface area contributed by atoms with Crippen LogP contribution in [0.15, 0.2) is 29.3 Å². The number of hydrogen-bond donors (Lipinski definition) is 2. The third-order valence-electron chi connectivity index (χ3n) is 5.27. The van der Waals surface area contributed by atoms with Gasteiger partial charge in [-0.1, -0.05) is 18.6 Å². The minimum absolute atomic E-state index is 0. The number of methoxy groups -OCH3 is 1. The molecule has 0 aromatic heterocycles. The highest BCUT2D eigenvalue weighted by Gasteiger charge is 2.36. The summed E-state index contributed by atoms with van der Waals surface area (Å²) in [5.74, 6) is 1.75. The van der Waals surface area contributed by atoms with E-state index in [1.54, 1.807) is 7.11 Å². The second kappa shape index (κ2) is 13.2. The lowest BCUT2D eigenvalue weighted by Crippen LogP contribution is -2.46. The molecule has 0 amide bonds. The molecule has 1 aromatic rings. The van der Waals surface area contributed by atoms with Gasteiger partial charge in [0.05, 0.1) is 0 Å². The van der Waals surface area contributed by atoms with Crippen molar-refractivity contribution in [3.63, 3.8) is 0 Å². The fourth-order valence-electron chi connectivity index (χ4n) is 3.28. The molecule has 1 fully saturated rings. The molecule has 2 N–H and O–H groups in total. The van der Waals surface area contributed by atoms with Crippen LogP contribution >= 0.6 is 24.0 Å². The molecule has 1 saturated carbocycles. The van der Waals surface area contributed by atoms with Crippen molar-refractivity contribution < 1.29 is 9.47 Å². The van der Waals surface area contributed by atoms with E-state index < -0.39 is 0 Å². The Morgan fingerprint density at radius 2 is 2.00 bits per heavy atom. The van der Waals surface area contributed by atoms with Gasteiger partial charge in [-0.25, -0.2) is 0 Å². The molecule has 2 rings (SSSR count). The van der Waals surface area contributed by atoms with Gasteiger partial charge in [0.2, 0.25) is 0 Å². The molecule has 160 valence electrons. The van der Waals surface area contributed by atoms with E-state index in [0.717, 1.165) is 44.4 Å². The molecule has 7 heteroatoms. The molecule has 0 spiro atoms. The molecule has 0 atom stereocenters. The van der Waals surface area contributed by atoms with Crippen LogP contribution in [0.3, 0.4) is 0 Å². The first-order valence-corrected chi connectivity index (χ1v) is 9.87. The van der Waals surface area contributed by atoms with Gasteiger partial charge in [-0.15, -0.1) is 24.0 Å². The van der Waals surface area contributed by atoms with Gasteiger partial charge in [-0.3, -0.25) is 4.99 Å².